The number of ether oxygens (including phenoxy) is 2. The van der Waals surface area contributed by atoms with Gasteiger partial charge in [-0.25, -0.2) is 4.98 Å². The van der Waals surface area contributed by atoms with E-state index in [0.29, 0.717) is 17.2 Å². The molecule has 0 unspecified atom stereocenters. The Morgan fingerprint density at radius 1 is 1.25 bits per heavy atom. The first-order chi connectivity index (χ1) is 15.3. The molecular weight excluding hydrogens is 410 g/mol. The Hall–Kier alpha value is -3.30. The van der Waals surface area contributed by atoms with E-state index in [0.717, 1.165) is 16.5 Å². The van der Waals surface area contributed by atoms with Gasteiger partial charge in [0.05, 0.1) is 0 Å². The zero-order valence-corrected chi connectivity index (χ0v) is 18.6. The summed E-state index contributed by atoms with van der Waals surface area (Å²) in [6, 6.07) is 9.61. The third-order valence-corrected chi connectivity index (χ3v) is 5.40. The summed E-state index contributed by atoms with van der Waals surface area (Å²) in [5, 5.41) is 6.68. The maximum absolute atomic E-state index is 13.0. The Kier molecular flexibility index (Phi) is 6.20. The smallest absolute Gasteiger partial charge is 0.259 e. The first-order valence-electron chi connectivity index (χ1n) is 10.6. The topological polar surface area (TPSA) is 107 Å². The van der Waals surface area contributed by atoms with E-state index in [9.17, 15) is 9.59 Å². The number of rotatable bonds is 6. The molecule has 168 valence electrons. The summed E-state index contributed by atoms with van der Waals surface area (Å²) in [6.45, 7) is 6.09. The van der Waals surface area contributed by atoms with Crippen molar-refractivity contribution in [2.75, 3.05) is 18.7 Å². The fourth-order valence-electron chi connectivity index (χ4n) is 3.76. The van der Waals surface area contributed by atoms with Crippen molar-refractivity contribution in [2.24, 2.45) is 7.05 Å². The molecule has 32 heavy (non-hydrogen) atoms. The van der Waals surface area contributed by atoms with Gasteiger partial charge in [-0.1, -0.05) is 24.3 Å². The van der Waals surface area contributed by atoms with E-state index < -0.39 is 12.2 Å². The molecule has 3 aromatic rings. The SMILES string of the molecule is Cc1ccccc1-c1cc2cnc(NC[C@@H]3OCO[C@H]3C(=O)NC(C)C)nc2n(C)c1=O. The van der Waals surface area contributed by atoms with Gasteiger partial charge in [-0.2, -0.15) is 4.98 Å². The van der Waals surface area contributed by atoms with E-state index >= 15 is 0 Å². The summed E-state index contributed by atoms with van der Waals surface area (Å²) in [7, 11) is 1.70. The lowest BCUT2D eigenvalue weighted by atomic mass is 10.0. The molecule has 0 aliphatic carbocycles. The normalized spacial score (nSPS) is 18.3. The number of nitrogens with one attached hydrogen (secondary N) is 2. The summed E-state index contributed by atoms with van der Waals surface area (Å²) in [5.74, 6) is 0.129. The first kappa shape index (κ1) is 21.9. The number of amides is 1. The molecule has 0 saturated carbocycles. The highest BCUT2D eigenvalue weighted by atomic mass is 16.7. The monoisotopic (exact) mass is 437 g/mol. The van der Waals surface area contributed by atoms with Crippen molar-refractivity contribution in [3.05, 3.63) is 52.4 Å². The number of carbonyl (C=O) groups excluding carboxylic acids is 1. The number of nitrogens with zero attached hydrogens (tertiary/aromatic N) is 3. The van der Waals surface area contributed by atoms with Gasteiger partial charge in [0.25, 0.3) is 11.5 Å². The molecule has 1 fully saturated rings. The van der Waals surface area contributed by atoms with Gasteiger partial charge in [0.15, 0.2) is 6.10 Å². The fraction of sp³-hybridized carbons (Fsp3) is 0.391. The Labute approximate surface area is 185 Å². The average Bonchev–Trinajstić information content (AvgIpc) is 3.24. The number of carbonyl (C=O) groups is 1. The molecule has 9 heteroatoms. The van der Waals surface area contributed by atoms with Crippen molar-refractivity contribution in [3.63, 3.8) is 0 Å². The third-order valence-electron chi connectivity index (χ3n) is 5.40. The van der Waals surface area contributed by atoms with Gasteiger partial charge in [-0.15, -0.1) is 0 Å². The Bertz CT molecular complexity index is 1210. The second kappa shape index (κ2) is 9.05. The van der Waals surface area contributed by atoms with E-state index in [-0.39, 0.29) is 30.8 Å². The minimum atomic E-state index is -0.702. The van der Waals surface area contributed by atoms with Gasteiger partial charge < -0.3 is 20.1 Å². The first-order valence-corrected chi connectivity index (χ1v) is 10.6. The largest absolute Gasteiger partial charge is 0.352 e. The average molecular weight is 438 g/mol. The van der Waals surface area contributed by atoms with Crippen LogP contribution >= 0.6 is 0 Å². The van der Waals surface area contributed by atoms with Crippen LogP contribution in [0.1, 0.15) is 19.4 Å². The molecule has 0 bridgehead atoms. The highest BCUT2D eigenvalue weighted by Crippen LogP contribution is 2.23. The molecule has 1 aromatic carbocycles. The summed E-state index contributed by atoms with van der Waals surface area (Å²) in [4.78, 5) is 34.2. The predicted octanol–water partition coefficient (Wildman–Crippen LogP) is 1.98. The molecule has 1 amide bonds. The third kappa shape index (κ3) is 4.35. The summed E-state index contributed by atoms with van der Waals surface area (Å²) >= 11 is 0. The molecular formula is C23H27N5O4. The predicted molar refractivity (Wildman–Crippen MR) is 121 cm³/mol. The number of benzene rings is 1. The number of pyridine rings is 1. The summed E-state index contributed by atoms with van der Waals surface area (Å²) in [6.07, 6.45) is 0.507. The van der Waals surface area contributed by atoms with Crippen molar-refractivity contribution >= 4 is 22.9 Å². The molecule has 1 aliphatic heterocycles. The van der Waals surface area contributed by atoms with Crippen LogP contribution in [0, 0.1) is 6.92 Å². The van der Waals surface area contributed by atoms with Crippen LogP contribution in [0.5, 0.6) is 0 Å². The van der Waals surface area contributed by atoms with E-state index in [1.165, 1.54) is 4.57 Å². The lowest BCUT2D eigenvalue weighted by Crippen LogP contribution is -2.45. The Morgan fingerprint density at radius 3 is 2.78 bits per heavy atom. The van der Waals surface area contributed by atoms with Crippen molar-refractivity contribution in [3.8, 4) is 11.1 Å². The van der Waals surface area contributed by atoms with Gasteiger partial charge in [0, 0.05) is 36.8 Å². The van der Waals surface area contributed by atoms with Crippen LogP contribution in [0.3, 0.4) is 0 Å². The number of hydrogen-bond donors (Lipinski definition) is 2. The maximum atomic E-state index is 13.0. The zero-order chi connectivity index (χ0) is 22.8. The Morgan fingerprint density at radius 2 is 2.03 bits per heavy atom. The van der Waals surface area contributed by atoms with Crippen LogP contribution in [0.15, 0.2) is 41.3 Å². The van der Waals surface area contributed by atoms with Crippen LogP contribution in [-0.4, -0.2) is 52.0 Å². The lowest BCUT2D eigenvalue weighted by molar-refractivity contribution is -0.130. The molecule has 2 atom stereocenters. The minimum absolute atomic E-state index is 0.00924. The van der Waals surface area contributed by atoms with Crippen LogP contribution in [0.2, 0.25) is 0 Å². The van der Waals surface area contributed by atoms with Gasteiger partial charge in [-0.3, -0.25) is 14.2 Å². The molecule has 4 rings (SSSR count). The molecule has 0 spiro atoms. The zero-order valence-electron chi connectivity index (χ0n) is 18.6. The van der Waals surface area contributed by atoms with Crippen molar-refractivity contribution < 1.29 is 14.3 Å². The highest BCUT2D eigenvalue weighted by Gasteiger charge is 2.35. The van der Waals surface area contributed by atoms with E-state index in [1.54, 1.807) is 13.2 Å². The minimum Gasteiger partial charge on any atom is -0.352 e. The second-order valence-corrected chi connectivity index (χ2v) is 8.16. The molecule has 2 N–H and O–H groups in total. The maximum Gasteiger partial charge on any atom is 0.259 e. The number of fused-ring (bicyclic) bond motifs is 1. The van der Waals surface area contributed by atoms with Gasteiger partial charge in [-0.05, 0) is 38.0 Å². The quantitative estimate of drug-likeness (QED) is 0.607. The van der Waals surface area contributed by atoms with E-state index in [1.807, 2.05) is 51.1 Å². The van der Waals surface area contributed by atoms with E-state index in [2.05, 4.69) is 20.6 Å². The van der Waals surface area contributed by atoms with Gasteiger partial charge in [0.2, 0.25) is 5.95 Å². The van der Waals surface area contributed by atoms with Crippen LogP contribution in [0.4, 0.5) is 5.95 Å². The number of anilines is 1. The van der Waals surface area contributed by atoms with Crippen LogP contribution in [-0.2, 0) is 21.3 Å². The lowest BCUT2D eigenvalue weighted by Gasteiger charge is -2.18. The summed E-state index contributed by atoms with van der Waals surface area (Å²) in [5.41, 5.74) is 2.91. The molecule has 1 aliphatic rings. The molecule has 0 radical (unpaired) electrons. The number of aromatic nitrogens is 3. The fourth-order valence-corrected chi connectivity index (χ4v) is 3.76. The molecule has 3 heterocycles. The number of aryl methyl sites for hydroxylation is 2. The number of hydrogen-bond acceptors (Lipinski definition) is 7. The Balaban J connectivity index is 1.56. The van der Waals surface area contributed by atoms with Crippen molar-refractivity contribution in [1.82, 2.24) is 19.9 Å². The van der Waals surface area contributed by atoms with Gasteiger partial charge >= 0.3 is 0 Å². The molecule has 1 saturated heterocycles. The van der Waals surface area contributed by atoms with Crippen molar-refractivity contribution in [1.29, 1.82) is 0 Å². The van der Waals surface area contributed by atoms with Gasteiger partial charge in [0.1, 0.15) is 18.5 Å². The highest BCUT2D eigenvalue weighted by molar-refractivity contribution is 5.83. The molecule has 2 aromatic heterocycles. The van der Waals surface area contributed by atoms with Crippen molar-refractivity contribution in [2.45, 2.75) is 39.0 Å². The summed E-state index contributed by atoms with van der Waals surface area (Å²) < 4.78 is 12.5. The standard InChI is InChI=1S/C23H27N5O4/c1-13(2)26-21(29)19-18(31-12-32-19)11-25-23-24-10-15-9-17(16-8-6-5-7-14(16)3)22(30)28(4)20(15)27-23/h5-10,13,18-19H,11-12H2,1-4H3,(H,26,29)(H,24,25,27)/t18-,19+/m0/s1. The van der Waals surface area contributed by atoms with Crippen LogP contribution < -0.4 is 16.2 Å². The second-order valence-electron chi connectivity index (χ2n) is 8.16. The van der Waals surface area contributed by atoms with Crippen LogP contribution in [0.25, 0.3) is 22.2 Å². The van der Waals surface area contributed by atoms with E-state index in [4.69, 9.17) is 9.47 Å². The molecule has 9 nitrogen and oxygen atoms in total.